The van der Waals surface area contributed by atoms with Crippen LogP contribution in [0.4, 0.5) is 28.9 Å². The molecule has 0 aliphatic heterocycles. The molecule has 0 aromatic heterocycles. The normalized spacial score (nSPS) is 11.1. The average molecular weight is 427 g/mol. The molecule has 2 rings (SSSR count). The largest absolute Gasteiger partial charge is 0.418 e. The Kier molecular flexibility index (Phi) is 6.75. The standard InChI is InChI=1S/C19H17F4N3O4/c1-3-25(18(28)12-8-14(20)11(2)16(9-12)26(29)30)10-17(27)24-15-7-5-4-6-13(15)19(21,22)23/h4-9H,3,10H2,1-2H3,(H,24,27). The van der Waals surface area contributed by atoms with Crippen molar-refractivity contribution in [2.75, 3.05) is 18.4 Å². The first kappa shape index (κ1) is 22.8. The number of likely N-dealkylation sites (N-methyl/N-ethyl adjacent to an activating group) is 1. The summed E-state index contributed by atoms with van der Waals surface area (Å²) in [5.74, 6) is -2.75. The number of alkyl halides is 3. The fraction of sp³-hybridized carbons (Fsp3) is 0.263. The number of nitro groups is 1. The monoisotopic (exact) mass is 427 g/mol. The van der Waals surface area contributed by atoms with Crippen LogP contribution < -0.4 is 5.32 Å². The first-order valence-corrected chi connectivity index (χ1v) is 8.65. The van der Waals surface area contributed by atoms with Gasteiger partial charge in [0.05, 0.1) is 21.7 Å². The zero-order valence-electron chi connectivity index (χ0n) is 15.9. The Balaban J connectivity index is 2.23. The highest BCUT2D eigenvalue weighted by atomic mass is 19.4. The van der Waals surface area contributed by atoms with Gasteiger partial charge in [-0.05, 0) is 32.0 Å². The molecule has 0 spiro atoms. The van der Waals surface area contributed by atoms with Gasteiger partial charge in [0.2, 0.25) is 5.91 Å². The van der Waals surface area contributed by atoms with E-state index in [2.05, 4.69) is 5.32 Å². The summed E-state index contributed by atoms with van der Waals surface area (Å²) in [6.07, 6.45) is -4.69. The number of halogens is 4. The lowest BCUT2D eigenvalue weighted by Crippen LogP contribution is -2.38. The van der Waals surface area contributed by atoms with E-state index in [1.807, 2.05) is 0 Å². The highest BCUT2D eigenvalue weighted by molar-refractivity contribution is 6.00. The minimum atomic E-state index is -4.69. The van der Waals surface area contributed by atoms with Crippen LogP contribution in [-0.2, 0) is 11.0 Å². The lowest BCUT2D eigenvalue weighted by Gasteiger charge is -2.21. The van der Waals surface area contributed by atoms with Crippen molar-refractivity contribution >= 4 is 23.2 Å². The molecule has 160 valence electrons. The van der Waals surface area contributed by atoms with Gasteiger partial charge in [-0.15, -0.1) is 0 Å². The Morgan fingerprint density at radius 1 is 1.20 bits per heavy atom. The number of nitrogens with zero attached hydrogens (tertiary/aromatic N) is 2. The third kappa shape index (κ3) is 5.10. The van der Waals surface area contributed by atoms with Crippen LogP contribution >= 0.6 is 0 Å². The Bertz CT molecular complexity index is 992. The van der Waals surface area contributed by atoms with Crippen molar-refractivity contribution < 1.29 is 32.1 Å². The van der Waals surface area contributed by atoms with E-state index in [9.17, 15) is 37.3 Å². The van der Waals surface area contributed by atoms with E-state index in [1.165, 1.54) is 26.0 Å². The maximum absolute atomic E-state index is 14.0. The van der Waals surface area contributed by atoms with Crippen LogP contribution in [0.1, 0.15) is 28.4 Å². The number of carbonyl (C=O) groups excluding carboxylic acids is 2. The van der Waals surface area contributed by atoms with Gasteiger partial charge in [0.25, 0.3) is 11.6 Å². The molecule has 0 radical (unpaired) electrons. The second-order valence-electron chi connectivity index (χ2n) is 6.27. The first-order chi connectivity index (χ1) is 14.0. The van der Waals surface area contributed by atoms with E-state index >= 15 is 0 Å². The fourth-order valence-corrected chi connectivity index (χ4v) is 2.69. The van der Waals surface area contributed by atoms with Gasteiger partial charge < -0.3 is 10.2 Å². The second-order valence-corrected chi connectivity index (χ2v) is 6.27. The summed E-state index contributed by atoms with van der Waals surface area (Å²) in [5.41, 5.74) is -2.73. The molecule has 2 aromatic carbocycles. The number of nitrogens with one attached hydrogen (secondary N) is 1. The Hall–Kier alpha value is -3.50. The molecule has 0 aliphatic carbocycles. The number of hydrogen-bond acceptors (Lipinski definition) is 4. The Morgan fingerprint density at radius 2 is 1.83 bits per heavy atom. The number of amides is 2. The lowest BCUT2D eigenvalue weighted by atomic mass is 10.1. The van der Waals surface area contributed by atoms with Gasteiger partial charge in [-0.1, -0.05) is 12.1 Å². The number of hydrogen-bond donors (Lipinski definition) is 1. The number of para-hydroxylation sites is 1. The lowest BCUT2D eigenvalue weighted by molar-refractivity contribution is -0.385. The quantitative estimate of drug-likeness (QED) is 0.426. The molecule has 0 bridgehead atoms. The molecular formula is C19H17F4N3O4. The van der Waals surface area contributed by atoms with E-state index in [0.717, 1.165) is 29.2 Å². The van der Waals surface area contributed by atoms with E-state index < -0.39 is 52.2 Å². The van der Waals surface area contributed by atoms with Gasteiger partial charge in [-0.2, -0.15) is 13.2 Å². The van der Waals surface area contributed by atoms with Crippen LogP contribution in [0.3, 0.4) is 0 Å². The Labute approximate surface area is 168 Å². The van der Waals surface area contributed by atoms with Crippen LogP contribution in [0.5, 0.6) is 0 Å². The van der Waals surface area contributed by atoms with Crippen LogP contribution in [-0.4, -0.2) is 34.7 Å². The van der Waals surface area contributed by atoms with Crippen molar-refractivity contribution in [1.29, 1.82) is 0 Å². The zero-order chi connectivity index (χ0) is 22.6. The SMILES string of the molecule is CCN(CC(=O)Nc1ccccc1C(F)(F)F)C(=O)c1cc(F)c(C)c([N+](=O)[O-])c1. The van der Waals surface area contributed by atoms with Crippen LogP contribution in [0.2, 0.25) is 0 Å². The number of nitro benzene ring substituents is 1. The third-order valence-corrected chi connectivity index (χ3v) is 4.27. The van der Waals surface area contributed by atoms with Gasteiger partial charge in [0, 0.05) is 18.2 Å². The van der Waals surface area contributed by atoms with E-state index in [4.69, 9.17) is 0 Å². The Morgan fingerprint density at radius 3 is 2.40 bits per heavy atom. The molecule has 0 heterocycles. The number of rotatable bonds is 6. The molecule has 2 amide bonds. The van der Waals surface area contributed by atoms with E-state index in [-0.39, 0.29) is 17.7 Å². The third-order valence-electron chi connectivity index (χ3n) is 4.27. The molecule has 0 unspecified atom stereocenters. The second kappa shape index (κ2) is 8.89. The number of benzene rings is 2. The summed E-state index contributed by atoms with van der Waals surface area (Å²) >= 11 is 0. The highest BCUT2D eigenvalue weighted by Gasteiger charge is 2.33. The van der Waals surface area contributed by atoms with Gasteiger partial charge in [0.1, 0.15) is 12.4 Å². The smallest absolute Gasteiger partial charge is 0.330 e. The minimum absolute atomic E-state index is 0.0452. The van der Waals surface area contributed by atoms with Crippen molar-refractivity contribution in [1.82, 2.24) is 4.90 Å². The van der Waals surface area contributed by atoms with Crippen molar-refractivity contribution in [2.24, 2.45) is 0 Å². The predicted molar refractivity (Wildman–Crippen MR) is 99.4 cm³/mol. The highest BCUT2D eigenvalue weighted by Crippen LogP contribution is 2.34. The maximum atomic E-state index is 14.0. The topological polar surface area (TPSA) is 92.6 Å². The van der Waals surface area contributed by atoms with Crippen LogP contribution in [0.25, 0.3) is 0 Å². The molecule has 0 saturated carbocycles. The molecule has 0 saturated heterocycles. The number of carbonyl (C=O) groups is 2. The van der Waals surface area contributed by atoms with Crippen molar-refractivity contribution in [3.8, 4) is 0 Å². The summed E-state index contributed by atoms with van der Waals surface area (Å²) < 4.78 is 53.1. The molecular weight excluding hydrogens is 410 g/mol. The maximum Gasteiger partial charge on any atom is 0.418 e. The molecule has 0 aliphatic rings. The fourth-order valence-electron chi connectivity index (χ4n) is 2.69. The van der Waals surface area contributed by atoms with Crippen molar-refractivity contribution in [3.63, 3.8) is 0 Å². The molecule has 0 atom stereocenters. The number of anilines is 1. The summed E-state index contributed by atoms with van der Waals surface area (Å²) in [6.45, 7) is 2.00. The van der Waals surface area contributed by atoms with E-state index in [0.29, 0.717) is 0 Å². The van der Waals surface area contributed by atoms with Gasteiger partial charge in [0.15, 0.2) is 0 Å². The summed E-state index contributed by atoms with van der Waals surface area (Å²) in [5, 5.41) is 13.1. The molecule has 7 nitrogen and oxygen atoms in total. The van der Waals surface area contributed by atoms with Gasteiger partial charge in [-0.3, -0.25) is 19.7 Å². The molecule has 30 heavy (non-hydrogen) atoms. The van der Waals surface area contributed by atoms with E-state index in [1.54, 1.807) is 0 Å². The predicted octanol–water partition coefficient (Wildman–Crippen LogP) is 4.16. The molecule has 11 heteroatoms. The summed E-state index contributed by atoms with van der Waals surface area (Å²) in [7, 11) is 0. The molecule has 2 aromatic rings. The van der Waals surface area contributed by atoms with Crippen LogP contribution in [0.15, 0.2) is 36.4 Å². The summed E-state index contributed by atoms with van der Waals surface area (Å²) in [6, 6.07) is 6.04. The first-order valence-electron chi connectivity index (χ1n) is 8.65. The van der Waals surface area contributed by atoms with Gasteiger partial charge in [-0.25, -0.2) is 4.39 Å². The minimum Gasteiger partial charge on any atom is -0.330 e. The van der Waals surface area contributed by atoms with Crippen molar-refractivity contribution in [3.05, 3.63) is 69.0 Å². The van der Waals surface area contributed by atoms with Crippen molar-refractivity contribution in [2.45, 2.75) is 20.0 Å². The molecule has 1 N–H and O–H groups in total. The molecule has 0 fully saturated rings. The summed E-state index contributed by atoms with van der Waals surface area (Å²) in [4.78, 5) is 36.0. The van der Waals surface area contributed by atoms with Crippen LogP contribution in [0, 0.1) is 22.9 Å². The zero-order valence-corrected chi connectivity index (χ0v) is 15.9. The average Bonchev–Trinajstić information content (AvgIpc) is 2.66. The van der Waals surface area contributed by atoms with Gasteiger partial charge >= 0.3 is 6.18 Å².